The van der Waals surface area contributed by atoms with Crippen molar-refractivity contribution >= 4 is 8.32 Å². The first kappa shape index (κ1) is 24.5. The minimum Gasteiger partial charge on any atom is -1.00 e. The van der Waals surface area contributed by atoms with Gasteiger partial charge < -0.3 is 34.0 Å². The standard InChI is InChI=1S/C16H23O2Si.2ClH.Ti/c1-13-10-11-16(14(2)12-13,18-19(3,4)5)17-15-8-6-7-9-15;;;/h6,8,10,12H,7,11H2,1-5H3;2*1H;/q-1;;;+3/p-2. The zero-order chi connectivity index (χ0) is 14.1. The molecular formula is C16H23Cl2O2SiTi. The molecule has 0 fully saturated rings. The molecule has 0 bridgehead atoms. The Labute approximate surface area is 162 Å². The van der Waals surface area contributed by atoms with Crippen molar-refractivity contribution in [1.29, 1.82) is 0 Å². The molecule has 0 aliphatic heterocycles. The summed E-state index contributed by atoms with van der Waals surface area (Å²) in [7, 11) is -1.71. The summed E-state index contributed by atoms with van der Waals surface area (Å²) in [5.74, 6) is 0.167. The van der Waals surface area contributed by atoms with Gasteiger partial charge in [0.2, 0.25) is 5.79 Å². The third-order valence-corrected chi connectivity index (χ3v) is 4.09. The number of ether oxygens (including phenoxy) is 1. The van der Waals surface area contributed by atoms with E-state index in [9.17, 15) is 0 Å². The van der Waals surface area contributed by atoms with Crippen LogP contribution in [0.15, 0.2) is 41.2 Å². The van der Waals surface area contributed by atoms with E-state index in [0.29, 0.717) is 0 Å². The van der Waals surface area contributed by atoms with Gasteiger partial charge in [0, 0.05) is 6.42 Å². The Kier molecular flexibility index (Phi) is 10.6. The predicted molar refractivity (Wildman–Crippen MR) is 80.9 cm³/mol. The Bertz CT molecular complexity index is 493. The van der Waals surface area contributed by atoms with Crippen molar-refractivity contribution in [3.63, 3.8) is 0 Å². The zero-order valence-corrected chi connectivity index (χ0v) is 17.9. The SMILES string of the molecule is CC1=CCC(OC2=[C-]CC=C2)(O[Si](C)(C)C)C(C)=C1.[Cl-].[Cl-].[Ti+3]. The maximum atomic E-state index is 6.40. The van der Waals surface area contributed by atoms with Crippen molar-refractivity contribution in [3.8, 4) is 0 Å². The summed E-state index contributed by atoms with van der Waals surface area (Å²) in [6.45, 7) is 10.8. The first-order valence-corrected chi connectivity index (χ1v) is 10.2. The fourth-order valence-corrected chi connectivity index (χ4v) is 3.63. The van der Waals surface area contributed by atoms with E-state index in [1.165, 1.54) is 5.57 Å². The first-order chi connectivity index (χ1) is 8.81. The molecule has 0 spiro atoms. The molecule has 0 aromatic rings. The molecule has 6 heteroatoms. The van der Waals surface area contributed by atoms with Gasteiger partial charge in [-0.1, -0.05) is 17.7 Å². The van der Waals surface area contributed by atoms with E-state index < -0.39 is 14.1 Å². The predicted octanol–water partition coefficient (Wildman–Crippen LogP) is -1.50. The second-order valence-corrected chi connectivity index (χ2v) is 10.6. The van der Waals surface area contributed by atoms with Crippen molar-refractivity contribution in [3.05, 3.63) is 47.3 Å². The molecule has 1 atom stereocenters. The number of rotatable bonds is 4. The average molecular weight is 394 g/mol. The number of hydrogen-bond acceptors (Lipinski definition) is 2. The van der Waals surface area contributed by atoms with Gasteiger partial charge in [-0.05, 0) is 44.8 Å². The largest absolute Gasteiger partial charge is 3.00 e. The van der Waals surface area contributed by atoms with E-state index in [1.807, 2.05) is 6.08 Å². The first-order valence-electron chi connectivity index (χ1n) is 6.83. The molecule has 2 aliphatic carbocycles. The van der Waals surface area contributed by atoms with Crippen molar-refractivity contribution in [2.24, 2.45) is 0 Å². The molecule has 121 valence electrons. The third-order valence-electron chi connectivity index (χ3n) is 3.15. The fraction of sp³-hybridized carbons (Fsp3) is 0.500. The van der Waals surface area contributed by atoms with Crippen LogP contribution in [0.3, 0.4) is 0 Å². The van der Waals surface area contributed by atoms with Gasteiger partial charge >= 0.3 is 21.7 Å². The van der Waals surface area contributed by atoms with Gasteiger partial charge in [-0.2, -0.15) is 12.2 Å². The smallest absolute Gasteiger partial charge is 1.00 e. The number of halogens is 2. The second kappa shape index (κ2) is 9.51. The summed E-state index contributed by atoms with van der Waals surface area (Å²) in [5.41, 5.74) is 2.42. The van der Waals surface area contributed by atoms with Crippen LogP contribution in [0.5, 0.6) is 0 Å². The van der Waals surface area contributed by atoms with E-state index in [4.69, 9.17) is 9.16 Å². The molecule has 22 heavy (non-hydrogen) atoms. The molecule has 0 amide bonds. The number of hydrogen-bond donors (Lipinski definition) is 0. The Morgan fingerprint density at radius 1 is 1.18 bits per heavy atom. The van der Waals surface area contributed by atoms with Crippen LogP contribution in [0.25, 0.3) is 0 Å². The minimum absolute atomic E-state index is 0. The second-order valence-electron chi connectivity index (χ2n) is 6.20. The van der Waals surface area contributed by atoms with E-state index >= 15 is 0 Å². The maximum Gasteiger partial charge on any atom is 3.00 e. The fourth-order valence-electron chi connectivity index (χ4n) is 2.36. The summed E-state index contributed by atoms with van der Waals surface area (Å²) >= 11 is 0. The molecule has 0 aromatic heterocycles. The monoisotopic (exact) mass is 393 g/mol. The van der Waals surface area contributed by atoms with Crippen molar-refractivity contribution in [1.82, 2.24) is 0 Å². The van der Waals surface area contributed by atoms with E-state index in [0.717, 1.165) is 24.2 Å². The van der Waals surface area contributed by atoms with Crippen LogP contribution in [0.2, 0.25) is 19.6 Å². The van der Waals surface area contributed by atoms with Gasteiger partial charge in [-0.3, -0.25) is 0 Å². The van der Waals surface area contributed by atoms with Gasteiger partial charge in [-0.15, -0.1) is 6.42 Å². The quantitative estimate of drug-likeness (QED) is 0.329. The average Bonchev–Trinajstić information content (AvgIpc) is 2.74. The molecule has 1 unspecified atom stereocenters. The zero-order valence-electron chi connectivity index (χ0n) is 13.8. The summed E-state index contributed by atoms with van der Waals surface area (Å²) in [4.78, 5) is 0. The Morgan fingerprint density at radius 2 is 1.82 bits per heavy atom. The maximum absolute atomic E-state index is 6.40. The molecule has 0 N–H and O–H groups in total. The van der Waals surface area contributed by atoms with Crippen LogP contribution in [0.1, 0.15) is 26.7 Å². The summed E-state index contributed by atoms with van der Waals surface area (Å²) in [6, 6.07) is 0. The van der Waals surface area contributed by atoms with Crippen LogP contribution >= 0.6 is 0 Å². The molecule has 0 saturated heterocycles. The van der Waals surface area contributed by atoms with Crippen molar-refractivity contribution in [2.45, 2.75) is 52.1 Å². The Hall–Kier alpha value is 0.231. The van der Waals surface area contributed by atoms with Crippen LogP contribution in [0, 0.1) is 6.08 Å². The van der Waals surface area contributed by atoms with Crippen LogP contribution in [-0.4, -0.2) is 14.1 Å². The van der Waals surface area contributed by atoms with Gasteiger partial charge in [0.05, 0.1) is 0 Å². The van der Waals surface area contributed by atoms with Crippen LogP contribution in [0.4, 0.5) is 0 Å². The molecule has 2 aliphatic rings. The summed E-state index contributed by atoms with van der Waals surface area (Å²) < 4.78 is 12.6. The van der Waals surface area contributed by atoms with Crippen LogP contribution < -0.4 is 24.8 Å². The van der Waals surface area contributed by atoms with E-state index in [-0.39, 0.29) is 46.5 Å². The van der Waals surface area contributed by atoms with Gasteiger partial charge in [0.25, 0.3) is 0 Å². The Morgan fingerprint density at radius 3 is 2.27 bits per heavy atom. The van der Waals surface area contributed by atoms with Crippen LogP contribution in [-0.2, 0) is 30.9 Å². The van der Waals surface area contributed by atoms with E-state index in [2.05, 4.69) is 57.8 Å². The van der Waals surface area contributed by atoms with E-state index in [1.54, 1.807) is 0 Å². The van der Waals surface area contributed by atoms with Gasteiger partial charge in [0.15, 0.2) is 8.32 Å². The van der Waals surface area contributed by atoms with Crippen molar-refractivity contribution in [2.75, 3.05) is 0 Å². The molecular weight excluding hydrogens is 371 g/mol. The number of allylic oxidation sites excluding steroid dienone is 5. The molecule has 0 heterocycles. The molecule has 1 radical (unpaired) electrons. The van der Waals surface area contributed by atoms with Crippen molar-refractivity contribution < 1.29 is 55.7 Å². The Balaban J connectivity index is 0. The molecule has 2 rings (SSSR count). The van der Waals surface area contributed by atoms with Gasteiger partial charge in [-0.25, -0.2) is 6.08 Å². The molecule has 0 aromatic carbocycles. The minimum atomic E-state index is -1.71. The summed E-state index contributed by atoms with van der Waals surface area (Å²) in [6.07, 6.45) is 13.2. The molecule has 2 nitrogen and oxygen atoms in total. The topological polar surface area (TPSA) is 18.5 Å². The molecule has 0 saturated carbocycles. The normalized spacial score (nSPS) is 23.2. The third kappa shape index (κ3) is 6.39. The van der Waals surface area contributed by atoms with Gasteiger partial charge in [0.1, 0.15) is 0 Å². The summed E-state index contributed by atoms with van der Waals surface area (Å²) in [5, 5.41) is 0.